The number of rotatable bonds is 4. The Morgan fingerprint density at radius 3 is 2.88 bits per heavy atom. The van der Waals surface area contributed by atoms with Crippen molar-refractivity contribution in [3.05, 3.63) is 24.0 Å². The first kappa shape index (κ1) is 18.0. The van der Waals surface area contributed by atoms with Gasteiger partial charge in [-0.3, -0.25) is 4.79 Å². The van der Waals surface area contributed by atoms with E-state index in [1.54, 1.807) is 0 Å². The highest BCUT2D eigenvalue weighted by molar-refractivity contribution is 5.81. The Kier molecular flexibility index (Phi) is 4.76. The first-order valence-electron chi connectivity index (χ1n) is 8.64. The monoisotopic (exact) mass is 360 g/mol. The number of nitrogens with one attached hydrogen (secondary N) is 2. The molecule has 1 saturated heterocycles. The molecule has 8 heteroatoms. The van der Waals surface area contributed by atoms with Crippen LogP contribution >= 0.6 is 0 Å². The number of aromatic amines is 1. The second-order valence-electron chi connectivity index (χ2n) is 7.53. The lowest BCUT2D eigenvalue weighted by molar-refractivity contribution is -0.136. The number of anilines is 1. The second kappa shape index (κ2) is 6.86. The molecule has 0 aliphatic carbocycles. The fourth-order valence-electron chi connectivity index (χ4n) is 3.06. The smallest absolute Gasteiger partial charge is 0.407 e. The number of benzene rings is 1. The zero-order chi connectivity index (χ0) is 18.9. The number of hydrogen-bond donors (Lipinski definition) is 3. The van der Waals surface area contributed by atoms with Crippen LogP contribution in [0.4, 0.5) is 10.5 Å². The molecule has 1 unspecified atom stereocenters. The molecule has 0 bridgehead atoms. The van der Waals surface area contributed by atoms with E-state index < -0.39 is 17.7 Å². The van der Waals surface area contributed by atoms with Crippen molar-refractivity contribution in [1.82, 2.24) is 15.3 Å². The second-order valence-corrected chi connectivity index (χ2v) is 7.53. The quantitative estimate of drug-likeness (QED) is 0.772. The van der Waals surface area contributed by atoms with E-state index in [0.29, 0.717) is 12.4 Å². The Morgan fingerprint density at radius 1 is 1.42 bits per heavy atom. The Morgan fingerprint density at radius 2 is 2.19 bits per heavy atom. The number of fused-ring (bicyclic) bond motifs is 1. The largest absolute Gasteiger partial charge is 0.481 e. The average molecular weight is 360 g/mol. The first-order valence-corrected chi connectivity index (χ1v) is 8.64. The number of imidazole rings is 1. The van der Waals surface area contributed by atoms with Gasteiger partial charge in [0, 0.05) is 18.8 Å². The van der Waals surface area contributed by atoms with E-state index in [2.05, 4.69) is 20.2 Å². The van der Waals surface area contributed by atoms with Gasteiger partial charge in [0.1, 0.15) is 17.8 Å². The molecule has 1 atom stereocenters. The summed E-state index contributed by atoms with van der Waals surface area (Å²) in [7, 11) is 0. The van der Waals surface area contributed by atoms with Crippen molar-refractivity contribution in [2.45, 2.75) is 45.3 Å². The van der Waals surface area contributed by atoms with Gasteiger partial charge in [0.2, 0.25) is 0 Å². The van der Waals surface area contributed by atoms with E-state index in [9.17, 15) is 9.59 Å². The fraction of sp³-hybridized carbons (Fsp3) is 0.500. The van der Waals surface area contributed by atoms with E-state index >= 15 is 0 Å². The van der Waals surface area contributed by atoms with Gasteiger partial charge in [-0.2, -0.15) is 0 Å². The van der Waals surface area contributed by atoms with Crippen LogP contribution in [-0.2, 0) is 16.0 Å². The molecular weight excluding hydrogens is 336 g/mol. The van der Waals surface area contributed by atoms with Crippen LogP contribution in [0.5, 0.6) is 0 Å². The molecule has 0 saturated carbocycles. The maximum Gasteiger partial charge on any atom is 0.407 e. The number of amides is 1. The number of ether oxygens (including phenoxy) is 1. The lowest BCUT2D eigenvalue weighted by atomic mass is 10.2. The molecule has 26 heavy (non-hydrogen) atoms. The Balaban J connectivity index is 1.64. The van der Waals surface area contributed by atoms with Crippen LogP contribution in [0.25, 0.3) is 11.0 Å². The number of hydrogen-bond acceptors (Lipinski definition) is 5. The fourth-order valence-corrected chi connectivity index (χ4v) is 3.06. The number of carboxylic acids is 1. The van der Waals surface area contributed by atoms with Gasteiger partial charge in [0.25, 0.3) is 0 Å². The molecule has 0 radical (unpaired) electrons. The predicted molar refractivity (Wildman–Crippen MR) is 97.4 cm³/mol. The summed E-state index contributed by atoms with van der Waals surface area (Å²) >= 11 is 0. The van der Waals surface area contributed by atoms with E-state index in [0.717, 1.165) is 29.7 Å². The molecule has 3 N–H and O–H groups in total. The summed E-state index contributed by atoms with van der Waals surface area (Å²) in [4.78, 5) is 32.3. The molecule has 1 aromatic heterocycles. The number of nitrogens with zero attached hydrogens (tertiary/aromatic N) is 2. The lowest BCUT2D eigenvalue weighted by Crippen LogP contribution is -2.40. The number of aromatic nitrogens is 2. The SMILES string of the molecule is CC(C)(C)OC(=O)NC1CCN(c2ccc3[nH]c(CC(=O)O)nc3c2)C1. The van der Waals surface area contributed by atoms with Crippen molar-refractivity contribution in [3.63, 3.8) is 0 Å². The molecule has 0 spiro atoms. The minimum atomic E-state index is -0.917. The highest BCUT2D eigenvalue weighted by Crippen LogP contribution is 2.24. The summed E-state index contributed by atoms with van der Waals surface area (Å²) in [5.74, 6) is -0.476. The highest BCUT2D eigenvalue weighted by atomic mass is 16.6. The van der Waals surface area contributed by atoms with E-state index in [1.165, 1.54) is 0 Å². The molecule has 2 heterocycles. The van der Waals surface area contributed by atoms with Crippen LogP contribution in [0.2, 0.25) is 0 Å². The normalized spacial score (nSPS) is 17.5. The molecule has 1 aromatic carbocycles. The van der Waals surface area contributed by atoms with Crippen molar-refractivity contribution in [2.24, 2.45) is 0 Å². The van der Waals surface area contributed by atoms with Crippen molar-refractivity contribution in [2.75, 3.05) is 18.0 Å². The molecule has 1 aliphatic heterocycles. The van der Waals surface area contributed by atoms with Crippen molar-refractivity contribution in [1.29, 1.82) is 0 Å². The van der Waals surface area contributed by atoms with Gasteiger partial charge in [-0.15, -0.1) is 0 Å². The van der Waals surface area contributed by atoms with Crippen molar-refractivity contribution >= 4 is 28.8 Å². The Hall–Kier alpha value is -2.77. The predicted octanol–water partition coefficient (Wildman–Crippen LogP) is 2.29. The third-order valence-electron chi connectivity index (χ3n) is 4.11. The van der Waals surface area contributed by atoms with Gasteiger partial charge in [-0.1, -0.05) is 0 Å². The number of carboxylic acid groups (broad SMARTS) is 1. The lowest BCUT2D eigenvalue weighted by Gasteiger charge is -2.22. The molecule has 140 valence electrons. The van der Waals surface area contributed by atoms with E-state index in [4.69, 9.17) is 9.84 Å². The summed E-state index contributed by atoms with van der Waals surface area (Å²) in [6.45, 7) is 7.03. The van der Waals surface area contributed by atoms with Gasteiger partial charge in [-0.05, 0) is 45.4 Å². The molecule has 1 fully saturated rings. The standard InChI is InChI=1S/C18H24N4O4/c1-18(2,3)26-17(25)19-11-6-7-22(10-11)12-4-5-13-14(8-12)21-15(20-13)9-16(23)24/h4-5,8,11H,6-7,9-10H2,1-3H3,(H,19,25)(H,20,21)(H,23,24). The highest BCUT2D eigenvalue weighted by Gasteiger charge is 2.26. The van der Waals surface area contributed by atoms with Crippen LogP contribution in [0.3, 0.4) is 0 Å². The zero-order valence-electron chi connectivity index (χ0n) is 15.2. The topological polar surface area (TPSA) is 108 Å². The number of carbonyl (C=O) groups is 2. The molecule has 1 aliphatic rings. The number of alkyl carbamates (subject to hydrolysis) is 1. The minimum absolute atomic E-state index is 0.0299. The number of carbonyl (C=O) groups excluding carboxylic acids is 1. The Bertz CT molecular complexity index is 824. The van der Waals surface area contributed by atoms with Gasteiger partial charge >= 0.3 is 12.1 Å². The van der Waals surface area contributed by atoms with Crippen LogP contribution in [0.1, 0.15) is 33.0 Å². The van der Waals surface area contributed by atoms with Gasteiger partial charge in [-0.25, -0.2) is 9.78 Å². The maximum atomic E-state index is 11.9. The molecule has 2 aromatic rings. The maximum absolute atomic E-state index is 11.9. The molecule has 3 rings (SSSR count). The minimum Gasteiger partial charge on any atom is -0.481 e. The van der Waals surface area contributed by atoms with Gasteiger partial charge in [0.15, 0.2) is 0 Å². The summed E-state index contributed by atoms with van der Waals surface area (Å²) in [6, 6.07) is 5.84. The summed E-state index contributed by atoms with van der Waals surface area (Å²) in [6.07, 6.45) is 0.308. The third-order valence-corrected chi connectivity index (χ3v) is 4.11. The molecule has 1 amide bonds. The van der Waals surface area contributed by atoms with Crippen LogP contribution in [0.15, 0.2) is 18.2 Å². The molecule has 8 nitrogen and oxygen atoms in total. The summed E-state index contributed by atoms with van der Waals surface area (Å²) in [5, 5.41) is 11.8. The number of H-pyrrole nitrogens is 1. The van der Waals surface area contributed by atoms with Crippen LogP contribution < -0.4 is 10.2 Å². The van der Waals surface area contributed by atoms with Crippen molar-refractivity contribution < 1.29 is 19.4 Å². The van der Waals surface area contributed by atoms with Crippen LogP contribution in [0, 0.1) is 0 Å². The first-order chi connectivity index (χ1) is 12.2. The Labute approximate surface area is 151 Å². The van der Waals surface area contributed by atoms with Crippen LogP contribution in [-0.4, -0.2) is 51.9 Å². The zero-order valence-corrected chi connectivity index (χ0v) is 15.2. The van der Waals surface area contributed by atoms with Crippen molar-refractivity contribution in [3.8, 4) is 0 Å². The molecular formula is C18H24N4O4. The summed E-state index contributed by atoms with van der Waals surface area (Å²) < 4.78 is 5.30. The van der Waals surface area contributed by atoms with Gasteiger partial charge in [0.05, 0.1) is 17.1 Å². The summed E-state index contributed by atoms with van der Waals surface area (Å²) in [5.41, 5.74) is 2.04. The van der Waals surface area contributed by atoms with E-state index in [1.807, 2.05) is 39.0 Å². The number of aliphatic carboxylic acids is 1. The van der Waals surface area contributed by atoms with Gasteiger partial charge < -0.3 is 25.0 Å². The average Bonchev–Trinajstić information content (AvgIpc) is 3.09. The third kappa shape index (κ3) is 4.44. The van der Waals surface area contributed by atoms with E-state index in [-0.39, 0.29) is 12.5 Å².